The lowest BCUT2D eigenvalue weighted by molar-refractivity contribution is 0.747. The molecule has 0 unspecified atom stereocenters. The fourth-order valence-corrected chi connectivity index (χ4v) is 1.32. The van der Waals surface area contributed by atoms with Crippen LogP contribution in [-0.4, -0.2) is 14.8 Å². The van der Waals surface area contributed by atoms with Gasteiger partial charge in [0.05, 0.1) is 24.1 Å². The van der Waals surface area contributed by atoms with Crippen LogP contribution >= 0.6 is 0 Å². The number of nitrogens with zero attached hydrogens (tertiary/aromatic N) is 3. The van der Waals surface area contributed by atoms with Gasteiger partial charge >= 0.3 is 0 Å². The third-order valence-corrected chi connectivity index (χ3v) is 2.15. The van der Waals surface area contributed by atoms with Crippen molar-refractivity contribution in [1.82, 2.24) is 14.8 Å². The molecule has 78 valence electrons. The molecule has 0 atom stereocenters. The van der Waals surface area contributed by atoms with Crippen LogP contribution in [0, 0.1) is 6.92 Å². The molecule has 1 N–H and O–H groups in total. The fraction of sp³-hybridized carbons (Fsp3) is 0.273. The van der Waals surface area contributed by atoms with Crippen molar-refractivity contribution in [3.8, 4) is 0 Å². The van der Waals surface area contributed by atoms with Crippen LogP contribution in [0.25, 0.3) is 0 Å². The van der Waals surface area contributed by atoms with Gasteiger partial charge in [-0.1, -0.05) is 0 Å². The first-order valence-electron chi connectivity index (χ1n) is 4.89. The van der Waals surface area contributed by atoms with Crippen molar-refractivity contribution >= 4 is 5.69 Å². The molecule has 4 heteroatoms. The summed E-state index contributed by atoms with van der Waals surface area (Å²) in [7, 11) is 1.91. The molecule has 2 rings (SSSR count). The van der Waals surface area contributed by atoms with Crippen molar-refractivity contribution < 1.29 is 0 Å². The molecule has 0 spiro atoms. The van der Waals surface area contributed by atoms with Gasteiger partial charge < -0.3 is 5.32 Å². The van der Waals surface area contributed by atoms with Gasteiger partial charge in [-0.05, 0) is 25.1 Å². The Hall–Kier alpha value is -1.84. The molecule has 0 aliphatic carbocycles. The second-order valence-electron chi connectivity index (χ2n) is 3.52. The molecule has 4 nitrogen and oxygen atoms in total. The van der Waals surface area contributed by atoms with E-state index >= 15 is 0 Å². The summed E-state index contributed by atoms with van der Waals surface area (Å²) in [4.78, 5) is 4.21. The van der Waals surface area contributed by atoms with Gasteiger partial charge in [-0.25, -0.2) is 0 Å². The van der Waals surface area contributed by atoms with Crippen LogP contribution in [0.15, 0.2) is 30.6 Å². The molecule has 2 aromatic heterocycles. The molecule has 0 aromatic carbocycles. The highest BCUT2D eigenvalue weighted by atomic mass is 15.3. The molecular formula is C11H14N4. The first-order valence-corrected chi connectivity index (χ1v) is 4.89. The Morgan fingerprint density at radius 2 is 2.20 bits per heavy atom. The summed E-state index contributed by atoms with van der Waals surface area (Å²) in [5.41, 5.74) is 3.07. The van der Waals surface area contributed by atoms with E-state index < -0.39 is 0 Å². The monoisotopic (exact) mass is 202 g/mol. The Bertz CT molecular complexity index is 430. The first kappa shape index (κ1) is 9.71. The van der Waals surface area contributed by atoms with Crippen LogP contribution in [0.1, 0.15) is 11.4 Å². The van der Waals surface area contributed by atoms with E-state index in [1.165, 1.54) is 0 Å². The van der Waals surface area contributed by atoms with E-state index in [-0.39, 0.29) is 0 Å². The lowest BCUT2D eigenvalue weighted by atomic mass is 10.3. The molecule has 0 saturated carbocycles. The lowest BCUT2D eigenvalue weighted by Crippen LogP contribution is -2.01. The highest BCUT2D eigenvalue weighted by molar-refractivity contribution is 5.41. The van der Waals surface area contributed by atoms with E-state index in [2.05, 4.69) is 15.4 Å². The minimum atomic E-state index is 0.728. The number of aromatic nitrogens is 3. The van der Waals surface area contributed by atoms with E-state index in [9.17, 15) is 0 Å². The number of aryl methyl sites for hydroxylation is 2. The fourth-order valence-electron chi connectivity index (χ4n) is 1.32. The summed E-state index contributed by atoms with van der Waals surface area (Å²) in [6.07, 6.45) is 3.77. The van der Waals surface area contributed by atoms with Crippen molar-refractivity contribution in [3.05, 3.63) is 42.0 Å². The number of pyridine rings is 1. The van der Waals surface area contributed by atoms with Crippen LogP contribution in [-0.2, 0) is 13.6 Å². The summed E-state index contributed by atoms with van der Waals surface area (Å²) in [5, 5.41) is 7.54. The van der Waals surface area contributed by atoms with Crippen LogP contribution in [0.3, 0.4) is 0 Å². The van der Waals surface area contributed by atoms with Crippen molar-refractivity contribution in [2.45, 2.75) is 13.5 Å². The molecule has 0 saturated heterocycles. The third kappa shape index (κ3) is 2.56. The van der Waals surface area contributed by atoms with Gasteiger partial charge in [0.15, 0.2) is 0 Å². The van der Waals surface area contributed by atoms with Crippen LogP contribution in [0.5, 0.6) is 0 Å². The number of hydrogen-bond acceptors (Lipinski definition) is 3. The SMILES string of the molecule is Cc1ccc(NCc2ccn(C)n2)cn1. The van der Waals surface area contributed by atoms with Gasteiger partial charge in [0.25, 0.3) is 0 Å². The van der Waals surface area contributed by atoms with E-state index in [0.717, 1.165) is 23.6 Å². The average molecular weight is 202 g/mol. The zero-order valence-corrected chi connectivity index (χ0v) is 8.94. The summed E-state index contributed by atoms with van der Waals surface area (Å²) < 4.78 is 1.80. The van der Waals surface area contributed by atoms with Gasteiger partial charge in [-0.2, -0.15) is 5.10 Å². The van der Waals surface area contributed by atoms with Crippen LogP contribution in [0.2, 0.25) is 0 Å². The predicted molar refractivity (Wildman–Crippen MR) is 59.5 cm³/mol. The lowest BCUT2D eigenvalue weighted by Gasteiger charge is -2.03. The molecular weight excluding hydrogens is 188 g/mol. The van der Waals surface area contributed by atoms with Crippen LogP contribution < -0.4 is 5.32 Å². The Balaban J connectivity index is 1.96. The number of anilines is 1. The molecule has 0 aliphatic rings. The standard InChI is InChI=1S/C11H14N4/c1-9-3-4-10(7-12-9)13-8-11-5-6-15(2)14-11/h3-7,13H,8H2,1-2H3. The second kappa shape index (κ2) is 4.13. The number of hydrogen-bond donors (Lipinski definition) is 1. The maximum absolute atomic E-state index is 4.28. The number of rotatable bonds is 3. The van der Waals surface area contributed by atoms with Crippen molar-refractivity contribution in [2.75, 3.05) is 5.32 Å². The highest BCUT2D eigenvalue weighted by Crippen LogP contribution is 2.07. The largest absolute Gasteiger partial charge is 0.378 e. The Labute approximate surface area is 89.0 Å². The summed E-state index contributed by atoms with van der Waals surface area (Å²) in [6, 6.07) is 6.00. The maximum Gasteiger partial charge on any atom is 0.0815 e. The molecule has 0 amide bonds. The van der Waals surface area contributed by atoms with Gasteiger partial charge in [-0.3, -0.25) is 9.67 Å². The summed E-state index contributed by atoms with van der Waals surface area (Å²) in [6.45, 7) is 2.70. The van der Waals surface area contributed by atoms with Crippen molar-refractivity contribution in [2.24, 2.45) is 7.05 Å². The molecule has 0 fully saturated rings. The molecule has 2 aromatic rings. The second-order valence-corrected chi connectivity index (χ2v) is 3.52. The van der Waals surface area contributed by atoms with Gasteiger partial charge in [0.2, 0.25) is 0 Å². The van der Waals surface area contributed by atoms with Gasteiger partial charge in [0.1, 0.15) is 0 Å². The average Bonchev–Trinajstić information content (AvgIpc) is 2.64. The van der Waals surface area contributed by atoms with Gasteiger partial charge in [0, 0.05) is 18.9 Å². The van der Waals surface area contributed by atoms with Crippen molar-refractivity contribution in [3.63, 3.8) is 0 Å². The quantitative estimate of drug-likeness (QED) is 0.824. The van der Waals surface area contributed by atoms with E-state index in [0.29, 0.717) is 0 Å². The highest BCUT2D eigenvalue weighted by Gasteiger charge is 1.96. The molecule has 0 bridgehead atoms. The molecule has 2 heterocycles. The smallest absolute Gasteiger partial charge is 0.0815 e. The number of nitrogens with one attached hydrogen (secondary N) is 1. The minimum Gasteiger partial charge on any atom is -0.378 e. The van der Waals surface area contributed by atoms with E-state index in [1.54, 1.807) is 4.68 Å². The first-order chi connectivity index (χ1) is 7.24. The topological polar surface area (TPSA) is 42.7 Å². The Kier molecular flexibility index (Phi) is 2.67. The van der Waals surface area contributed by atoms with E-state index in [4.69, 9.17) is 0 Å². The predicted octanol–water partition coefficient (Wildman–Crippen LogP) is 1.74. The summed E-state index contributed by atoms with van der Waals surface area (Å²) in [5.74, 6) is 0. The summed E-state index contributed by atoms with van der Waals surface area (Å²) >= 11 is 0. The minimum absolute atomic E-state index is 0.728. The van der Waals surface area contributed by atoms with E-state index in [1.807, 2.05) is 44.6 Å². The zero-order chi connectivity index (χ0) is 10.7. The Morgan fingerprint density at radius 1 is 1.33 bits per heavy atom. The Morgan fingerprint density at radius 3 is 2.80 bits per heavy atom. The zero-order valence-electron chi connectivity index (χ0n) is 8.94. The third-order valence-electron chi connectivity index (χ3n) is 2.15. The molecule has 0 aliphatic heterocycles. The normalized spacial score (nSPS) is 10.3. The molecule has 0 radical (unpaired) electrons. The molecule has 15 heavy (non-hydrogen) atoms. The van der Waals surface area contributed by atoms with Crippen molar-refractivity contribution in [1.29, 1.82) is 0 Å². The maximum atomic E-state index is 4.28. The van der Waals surface area contributed by atoms with Gasteiger partial charge in [-0.15, -0.1) is 0 Å². The van der Waals surface area contributed by atoms with Crippen LogP contribution in [0.4, 0.5) is 5.69 Å².